The Bertz CT molecular complexity index is 621. The SMILES string of the molecule is CCCC(=O)Nc1ccc(OCC(=O)N2CCCC2)c(C(C)=O)c1. The first-order valence-corrected chi connectivity index (χ1v) is 8.36. The van der Waals surface area contributed by atoms with Crippen molar-refractivity contribution in [3.63, 3.8) is 0 Å². The molecule has 1 N–H and O–H groups in total. The average molecular weight is 332 g/mol. The van der Waals surface area contributed by atoms with E-state index >= 15 is 0 Å². The van der Waals surface area contributed by atoms with E-state index in [1.807, 2.05) is 6.92 Å². The fourth-order valence-corrected chi connectivity index (χ4v) is 2.66. The van der Waals surface area contributed by atoms with E-state index in [4.69, 9.17) is 4.74 Å². The van der Waals surface area contributed by atoms with Crippen LogP contribution < -0.4 is 10.1 Å². The number of hydrogen-bond acceptors (Lipinski definition) is 4. The van der Waals surface area contributed by atoms with Gasteiger partial charge in [0.2, 0.25) is 5.91 Å². The number of ether oxygens (including phenoxy) is 1. The molecule has 0 atom stereocenters. The molecule has 24 heavy (non-hydrogen) atoms. The van der Waals surface area contributed by atoms with E-state index in [2.05, 4.69) is 5.32 Å². The summed E-state index contributed by atoms with van der Waals surface area (Å²) in [6.45, 7) is 4.81. The van der Waals surface area contributed by atoms with Crippen LogP contribution in [0.15, 0.2) is 18.2 Å². The Morgan fingerprint density at radius 1 is 1.21 bits per heavy atom. The van der Waals surface area contributed by atoms with Crippen LogP contribution in [0.4, 0.5) is 5.69 Å². The highest BCUT2D eigenvalue weighted by atomic mass is 16.5. The maximum Gasteiger partial charge on any atom is 0.260 e. The molecule has 1 fully saturated rings. The number of Topliss-reactive ketones (excluding diaryl/α,β-unsaturated/α-hetero) is 1. The van der Waals surface area contributed by atoms with Crippen molar-refractivity contribution in [2.75, 3.05) is 25.0 Å². The topological polar surface area (TPSA) is 75.7 Å². The molecule has 0 aliphatic carbocycles. The van der Waals surface area contributed by atoms with Gasteiger partial charge in [-0.1, -0.05) is 6.92 Å². The molecule has 1 aromatic rings. The van der Waals surface area contributed by atoms with E-state index in [9.17, 15) is 14.4 Å². The second-order valence-electron chi connectivity index (χ2n) is 5.94. The molecule has 2 rings (SSSR count). The Hall–Kier alpha value is -2.37. The summed E-state index contributed by atoms with van der Waals surface area (Å²) in [6, 6.07) is 4.89. The molecule has 1 saturated heterocycles. The second kappa shape index (κ2) is 8.47. The number of hydrogen-bond donors (Lipinski definition) is 1. The minimum Gasteiger partial charge on any atom is -0.483 e. The maximum absolute atomic E-state index is 12.0. The standard InChI is InChI=1S/C18H24N2O4/c1-3-6-17(22)19-14-7-8-16(15(11-14)13(2)21)24-12-18(23)20-9-4-5-10-20/h7-8,11H,3-6,9-10,12H2,1-2H3,(H,19,22). The largest absolute Gasteiger partial charge is 0.483 e. The monoisotopic (exact) mass is 332 g/mol. The lowest BCUT2D eigenvalue weighted by atomic mass is 10.1. The Morgan fingerprint density at radius 3 is 2.54 bits per heavy atom. The van der Waals surface area contributed by atoms with Crippen LogP contribution in [0.3, 0.4) is 0 Å². The number of amides is 2. The molecule has 6 nitrogen and oxygen atoms in total. The Labute approximate surface area is 142 Å². The minimum atomic E-state index is -0.176. The van der Waals surface area contributed by atoms with E-state index in [-0.39, 0.29) is 24.2 Å². The number of nitrogens with zero attached hydrogens (tertiary/aromatic N) is 1. The average Bonchev–Trinajstić information content (AvgIpc) is 3.08. The van der Waals surface area contributed by atoms with E-state index in [0.29, 0.717) is 23.4 Å². The third-order valence-corrected chi connectivity index (χ3v) is 3.93. The lowest BCUT2D eigenvalue weighted by Gasteiger charge is -2.17. The number of anilines is 1. The van der Waals surface area contributed by atoms with E-state index in [1.165, 1.54) is 6.92 Å². The molecule has 1 aromatic carbocycles. The summed E-state index contributed by atoms with van der Waals surface area (Å²) in [4.78, 5) is 37.3. The number of nitrogens with one attached hydrogen (secondary N) is 1. The fraction of sp³-hybridized carbons (Fsp3) is 0.500. The van der Waals surface area contributed by atoms with Gasteiger partial charge in [-0.05, 0) is 44.4 Å². The molecule has 0 bridgehead atoms. The molecule has 6 heteroatoms. The predicted molar refractivity (Wildman–Crippen MR) is 91.3 cm³/mol. The van der Waals surface area contributed by atoms with Crippen molar-refractivity contribution in [3.05, 3.63) is 23.8 Å². The van der Waals surface area contributed by atoms with E-state index in [1.54, 1.807) is 23.1 Å². The first-order valence-electron chi connectivity index (χ1n) is 8.36. The van der Waals surface area contributed by atoms with Crippen molar-refractivity contribution in [1.82, 2.24) is 4.90 Å². The molecule has 0 saturated carbocycles. The highest BCUT2D eigenvalue weighted by Gasteiger charge is 2.19. The fourth-order valence-electron chi connectivity index (χ4n) is 2.66. The normalized spacial score (nSPS) is 13.7. The zero-order chi connectivity index (χ0) is 17.5. The van der Waals surface area contributed by atoms with Crippen molar-refractivity contribution < 1.29 is 19.1 Å². The maximum atomic E-state index is 12.0. The van der Waals surface area contributed by atoms with Gasteiger partial charge in [0.15, 0.2) is 12.4 Å². The first kappa shape index (κ1) is 18.0. The second-order valence-corrected chi connectivity index (χ2v) is 5.94. The van der Waals surface area contributed by atoms with Crippen molar-refractivity contribution in [2.24, 2.45) is 0 Å². The Balaban J connectivity index is 2.04. The van der Waals surface area contributed by atoms with Crippen molar-refractivity contribution in [3.8, 4) is 5.75 Å². The molecule has 1 heterocycles. The summed E-state index contributed by atoms with van der Waals surface area (Å²) < 4.78 is 5.56. The summed E-state index contributed by atoms with van der Waals surface area (Å²) in [5.74, 6) is 0.0287. The zero-order valence-corrected chi connectivity index (χ0v) is 14.3. The lowest BCUT2D eigenvalue weighted by molar-refractivity contribution is -0.132. The molecule has 0 radical (unpaired) electrons. The van der Waals surface area contributed by atoms with Gasteiger partial charge in [0.1, 0.15) is 5.75 Å². The predicted octanol–water partition coefficient (Wildman–Crippen LogP) is 2.63. The number of ketones is 1. The summed E-state index contributed by atoms with van der Waals surface area (Å²) in [6.07, 6.45) is 3.23. The molecular weight excluding hydrogens is 308 g/mol. The molecule has 130 valence electrons. The Kier molecular flexibility index (Phi) is 6.35. The van der Waals surface area contributed by atoms with Crippen LogP contribution in [0.25, 0.3) is 0 Å². The molecule has 1 aliphatic rings. The molecular formula is C18H24N2O4. The highest BCUT2D eigenvalue weighted by molar-refractivity contribution is 5.99. The number of carbonyl (C=O) groups excluding carboxylic acids is 3. The number of likely N-dealkylation sites (tertiary alicyclic amines) is 1. The summed E-state index contributed by atoms with van der Waals surface area (Å²) in [5, 5.41) is 2.75. The van der Waals surface area contributed by atoms with Gasteiger partial charge in [-0.2, -0.15) is 0 Å². The van der Waals surface area contributed by atoms with Crippen LogP contribution in [0.1, 0.15) is 49.9 Å². The summed E-state index contributed by atoms with van der Waals surface area (Å²) >= 11 is 0. The number of carbonyl (C=O) groups is 3. The van der Waals surface area contributed by atoms with Crippen molar-refractivity contribution >= 4 is 23.3 Å². The van der Waals surface area contributed by atoms with Gasteiger partial charge in [0.05, 0.1) is 5.56 Å². The molecule has 0 unspecified atom stereocenters. The Morgan fingerprint density at radius 2 is 1.92 bits per heavy atom. The van der Waals surface area contributed by atoms with Crippen molar-refractivity contribution in [2.45, 2.75) is 39.5 Å². The number of benzene rings is 1. The van der Waals surface area contributed by atoms with Crippen molar-refractivity contribution in [1.29, 1.82) is 0 Å². The highest BCUT2D eigenvalue weighted by Crippen LogP contribution is 2.24. The number of rotatable bonds is 7. The van der Waals surface area contributed by atoms with Gasteiger partial charge < -0.3 is 15.0 Å². The summed E-state index contributed by atoms with van der Waals surface area (Å²) in [7, 11) is 0. The lowest BCUT2D eigenvalue weighted by Crippen LogP contribution is -2.32. The van der Waals surface area contributed by atoms with Gasteiger partial charge in [0.25, 0.3) is 5.91 Å². The molecule has 1 aliphatic heterocycles. The van der Waals surface area contributed by atoms with Crippen LogP contribution in [-0.4, -0.2) is 42.2 Å². The van der Waals surface area contributed by atoms with Crippen LogP contribution >= 0.6 is 0 Å². The third kappa shape index (κ3) is 4.81. The van der Waals surface area contributed by atoms with Gasteiger partial charge in [0, 0.05) is 25.2 Å². The van der Waals surface area contributed by atoms with Crippen LogP contribution in [0.5, 0.6) is 5.75 Å². The minimum absolute atomic E-state index is 0.0673. The van der Waals surface area contributed by atoms with E-state index < -0.39 is 0 Å². The smallest absolute Gasteiger partial charge is 0.260 e. The molecule has 0 spiro atoms. The zero-order valence-electron chi connectivity index (χ0n) is 14.3. The third-order valence-electron chi connectivity index (χ3n) is 3.93. The summed E-state index contributed by atoms with van der Waals surface area (Å²) in [5.41, 5.74) is 0.912. The van der Waals surface area contributed by atoms with Gasteiger partial charge in [-0.15, -0.1) is 0 Å². The molecule has 0 aromatic heterocycles. The van der Waals surface area contributed by atoms with Crippen LogP contribution in [0.2, 0.25) is 0 Å². The van der Waals surface area contributed by atoms with Gasteiger partial charge in [-0.3, -0.25) is 14.4 Å². The quantitative estimate of drug-likeness (QED) is 0.779. The van der Waals surface area contributed by atoms with Gasteiger partial charge >= 0.3 is 0 Å². The van der Waals surface area contributed by atoms with Gasteiger partial charge in [-0.25, -0.2) is 0 Å². The first-order chi connectivity index (χ1) is 11.5. The van der Waals surface area contributed by atoms with Crippen LogP contribution in [-0.2, 0) is 9.59 Å². The van der Waals surface area contributed by atoms with E-state index in [0.717, 1.165) is 32.4 Å². The molecule has 2 amide bonds. The van der Waals surface area contributed by atoms with Crippen LogP contribution in [0, 0.1) is 0 Å².